The smallest absolute Gasteiger partial charge is 0.274 e. The maximum atomic E-state index is 13.2. The Morgan fingerprint density at radius 3 is 1.93 bits per heavy atom. The van der Waals surface area contributed by atoms with E-state index in [1.807, 2.05) is 24.3 Å². The van der Waals surface area contributed by atoms with Gasteiger partial charge in [-0.05, 0) is 61.1 Å². The summed E-state index contributed by atoms with van der Waals surface area (Å²) >= 11 is 6.05. The van der Waals surface area contributed by atoms with Gasteiger partial charge in [-0.1, -0.05) is 35.9 Å². The van der Waals surface area contributed by atoms with Gasteiger partial charge in [0.1, 0.15) is 17.5 Å². The van der Waals surface area contributed by atoms with Crippen LogP contribution in [-0.2, 0) is 12.8 Å². The van der Waals surface area contributed by atoms with Gasteiger partial charge in [0.2, 0.25) is 0 Å². The first-order valence-corrected chi connectivity index (χ1v) is 14.6. The molecule has 1 heterocycles. The summed E-state index contributed by atoms with van der Waals surface area (Å²) in [7, 11) is 5.71. The largest absolute Gasteiger partial charge is 1.00 e. The summed E-state index contributed by atoms with van der Waals surface area (Å²) in [5.74, 6) is 1.36. The molecule has 5 N–H and O–H groups in total. The number of amides is 1. The van der Waals surface area contributed by atoms with Crippen LogP contribution < -0.4 is 38.7 Å². The molecule has 11 heteroatoms. The highest BCUT2D eigenvalue weighted by atomic mass is 35.5. The Kier molecular flexibility index (Phi) is 12.1. The van der Waals surface area contributed by atoms with Gasteiger partial charge in [-0.25, -0.2) is 9.97 Å². The zero-order valence-electron chi connectivity index (χ0n) is 24.6. The number of carbonyl (C=O) groups excluding carboxylic acids is 1. The molecule has 0 radical (unpaired) electrons. The fourth-order valence-electron chi connectivity index (χ4n) is 6.02. The van der Waals surface area contributed by atoms with Crippen LogP contribution in [-0.4, -0.2) is 66.8 Å². The Morgan fingerprint density at radius 1 is 0.905 bits per heavy atom. The van der Waals surface area contributed by atoms with Gasteiger partial charge >= 0.3 is 0 Å². The molecule has 1 aromatic heterocycles. The highest BCUT2D eigenvalue weighted by molar-refractivity contribution is 6.31. The summed E-state index contributed by atoms with van der Waals surface area (Å²) in [4.78, 5) is 21.3. The maximum Gasteiger partial charge on any atom is 0.274 e. The second-order valence-electron chi connectivity index (χ2n) is 11.0. The fraction of sp³-hybridized carbons (Fsp3) is 0.452. The van der Waals surface area contributed by atoms with E-state index in [0.29, 0.717) is 0 Å². The number of likely N-dealkylation sites (N-methyl/N-ethyl adjacent to an activating group) is 1. The number of hydrogen-bond acceptors (Lipinski definition) is 7. The molecule has 2 atom stereocenters. The van der Waals surface area contributed by atoms with E-state index in [1.54, 1.807) is 14.2 Å². The lowest BCUT2D eigenvalue weighted by atomic mass is 10.0. The van der Waals surface area contributed by atoms with Crippen LogP contribution in [0.5, 0.6) is 11.5 Å². The van der Waals surface area contributed by atoms with Gasteiger partial charge < -0.3 is 43.1 Å². The van der Waals surface area contributed by atoms with Crippen molar-refractivity contribution in [1.82, 2.24) is 15.3 Å². The second kappa shape index (κ2) is 15.3. The average Bonchev–Trinajstić information content (AvgIpc) is 3.44. The standard InChI is InChI=1S/C31H41ClN6O3.ClH/c1-38(19-5-7-21-11-15-23(40-2)16-12-21,20-6-8-22-13-17-24(41-3)18-14-22)26-10-4-9-25(26)35-31(39)27-29(33)37-30(34)28(32)36-27;/h11-18,25-26H,4-10,19-20H2,1-3H3,(H4-,33,34,35,37,39);1H/t25-,26+;/m0./s1. The van der Waals surface area contributed by atoms with Crippen LogP contribution >= 0.6 is 11.6 Å². The number of carbonyl (C=O) groups is 1. The Balaban J connectivity index is 0.00000484. The second-order valence-corrected chi connectivity index (χ2v) is 11.4. The normalized spacial score (nSPS) is 16.5. The third kappa shape index (κ3) is 8.40. The van der Waals surface area contributed by atoms with Crippen molar-refractivity contribution in [2.45, 2.75) is 57.0 Å². The molecular weight excluding hydrogens is 575 g/mol. The number of aromatic nitrogens is 2. The highest BCUT2D eigenvalue weighted by Gasteiger charge is 2.42. The molecule has 1 aliphatic rings. The molecular formula is C31H42Cl2N6O3. The van der Waals surface area contributed by atoms with Crippen molar-refractivity contribution in [2.24, 2.45) is 0 Å². The average molecular weight is 618 g/mol. The molecule has 0 spiro atoms. The van der Waals surface area contributed by atoms with E-state index in [9.17, 15) is 4.79 Å². The van der Waals surface area contributed by atoms with Crippen LogP contribution in [0.2, 0.25) is 5.15 Å². The Hall–Kier alpha value is -3.27. The zero-order valence-corrected chi connectivity index (χ0v) is 26.1. The van der Waals surface area contributed by atoms with Gasteiger partial charge in [-0.15, -0.1) is 0 Å². The summed E-state index contributed by atoms with van der Waals surface area (Å²) < 4.78 is 11.5. The lowest BCUT2D eigenvalue weighted by molar-refractivity contribution is -0.934. The maximum absolute atomic E-state index is 13.2. The summed E-state index contributed by atoms with van der Waals surface area (Å²) in [5, 5.41) is 3.19. The fourth-order valence-corrected chi connectivity index (χ4v) is 6.14. The number of rotatable bonds is 13. The first-order chi connectivity index (χ1) is 19.7. The number of nitrogens with one attached hydrogen (secondary N) is 1. The number of nitrogens with zero attached hydrogens (tertiary/aromatic N) is 3. The first-order valence-electron chi connectivity index (χ1n) is 14.2. The summed E-state index contributed by atoms with van der Waals surface area (Å²) in [6.07, 6.45) is 7.02. The van der Waals surface area contributed by atoms with E-state index in [2.05, 4.69) is 46.6 Å². The summed E-state index contributed by atoms with van der Waals surface area (Å²) in [6.45, 7) is 2.00. The number of nitrogens with two attached hydrogens (primary N) is 2. The van der Waals surface area contributed by atoms with Gasteiger partial charge in [0.05, 0.1) is 40.4 Å². The van der Waals surface area contributed by atoms with E-state index in [0.717, 1.165) is 74.0 Å². The van der Waals surface area contributed by atoms with E-state index in [-0.39, 0.29) is 52.9 Å². The molecule has 1 fully saturated rings. The minimum atomic E-state index is -0.364. The topological polar surface area (TPSA) is 125 Å². The predicted octanol–water partition coefficient (Wildman–Crippen LogP) is 1.68. The quantitative estimate of drug-likeness (QED) is 0.249. The van der Waals surface area contributed by atoms with E-state index >= 15 is 0 Å². The lowest BCUT2D eigenvalue weighted by Crippen LogP contribution is -3.00. The van der Waals surface area contributed by atoms with Gasteiger partial charge in [0.15, 0.2) is 22.5 Å². The van der Waals surface area contributed by atoms with Crippen LogP contribution in [0, 0.1) is 0 Å². The van der Waals surface area contributed by atoms with Gasteiger partial charge in [0.25, 0.3) is 5.91 Å². The molecule has 0 bridgehead atoms. The first kappa shape index (κ1) is 33.2. The Bertz CT molecular complexity index is 1250. The predicted molar refractivity (Wildman–Crippen MR) is 163 cm³/mol. The summed E-state index contributed by atoms with van der Waals surface area (Å²) in [5.41, 5.74) is 14.3. The van der Waals surface area contributed by atoms with Crippen molar-refractivity contribution in [2.75, 3.05) is 45.8 Å². The number of quaternary nitrogens is 1. The number of benzene rings is 2. The molecule has 9 nitrogen and oxygen atoms in total. The van der Waals surface area contributed by atoms with E-state index in [4.69, 9.17) is 32.5 Å². The van der Waals surface area contributed by atoms with Crippen LogP contribution in [0.25, 0.3) is 0 Å². The third-order valence-electron chi connectivity index (χ3n) is 8.30. The van der Waals surface area contributed by atoms with Crippen LogP contribution in [0.3, 0.4) is 0 Å². The van der Waals surface area contributed by atoms with Gasteiger partial charge in [-0.2, -0.15) is 0 Å². The molecule has 228 valence electrons. The van der Waals surface area contributed by atoms with Crippen molar-refractivity contribution >= 4 is 29.1 Å². The SMILES string of the molecule is COc1ccc(CCC[N+](C)(CCCc2ccc(OC)cc2)[C@@H]2CCC[C@@H]2NC(=O)c2nc(Cl)c(N)nc2N)cc1.[Cl-]. The molecule has 4 rings (SSSR count). The number of anilines is 2. The number of halogens is 2. The Morgan fingerprint density at radius 2 is 1.43 bits per heavy atom. The van der Waals surface area contributed by atoms with Crippen molar-refractivity contribution < 1.29 is 31.2 Å². The number of hydrogen-bond donors (Lipinski definition) is 3. The Labute approximate surface area is 259 Å². The number of methoxy groups -OCH3 is 2. The molecule has 0 saturated heterocycles. The molecule has 42 heavy (non-hydrogen) atoms. The zero-order chi connectivity index (χ0) is 29.4. The number of aryl methyl sites for hydroxylation is 2. The van der Waals surface area contributed by atoms with Crippen molar-refractivity contribution in [1.29, 1.82) is 0 Å². The molecule has 1 amide bonds. The monoisotopic (exact) mass is 616 g/mol. The van der Waals surface area contributed by atoms with E-state index in [1.165, 1.54) is 11.1 Å². The van der Waals surface area contributed by atoms with E-state index < -0.39 is 0 Å². The van der Waals surface area contributed by atoms with Crippen molar-refractivity contribution in [3.8, 4) is 11.5 Å². The van der Waals surface area contributed by atoms with Crippen molar-refractivity contribution in [3.05, 3.63) is 70.5 Å². The lowest BCUT2D eigenvalue weighted by Gasteiger charge is -2.43. The number of nitrogen functional groups attached to an aromatic ring is 2. The van der Waals surface area contributed by atoms with Gasteiger partial charge in [0, 0.05) is 19.3 Å². The number of ether oxygens (including phenoxy) is 2. The molecule has 0 unspecified atom stereocenters. The van der Waals surface area contributed by atoms with Crippen molar-refractivity contribution in [3.63, 3.8) is 0 Å². The highest BCUT2D eigenvalue weighted by Crippen LogP contribution is 2.31. The van der Waals surface area contributed by atoms with Crippen LogP contribution in [0.4, 0.5) is 11.6 Å². The van der Waals surface area contributed by atoms with Crippen LogP contribution in [0.1, 0.15) is 53.7 Å². The third-order valence-corrected chi connectivity index (χ3v) is 8.58. The minimum absolute atomic E-state index is 0. The molecule has 1 aliphatic carbocycles. The summed E-state index contributed by atoms with van der Waals surface area (Å²) in [6, 6.07) is 16.8. The minimum Gasteiger partial charge on any atom is -1.00 e. The molecule has 3 aromatic rings. The van der Waals surface area contributed by atoms with Gasteiger partial charge in [-0.3, -0.25) is 4.79 Å². The van der Waals surface area contributed by atoms with Crippen LogP contribution in [0.15, 0.2) is 48.5 Å². The molecule has 2 aromatic carbocycles. The molecule has 1 saturated carbocycles. The molecule has 0 aliphatic heterocycles.